The number of rotatable bonds is 4. The van der Waals surface area contributed by atoms with Crippen LogP contribution in [-0.2, 0) is 0 Å². The Morgan fingerprint density at radius 3 is 2.56 bits per heavy atom. The highest BCUT2D eigenvalue weighted by Crippen LogP contribution is 2.24. The van der Waals surface area contributed by atoms with Crippen LogP contribution in [0.15, 0.2) is 42.5 Å². The number of quaternary nitrogens is 1. The van der Waals surface area contributed by atoms with Crippen LogP contribution in [0.3, 0.4) is 0 Å². The van der Waals surface area contributed by atoms with E-state index < -0.39 is 0 Å². The number of fused-ring (bicyclic) bond motifs is 1. The monoisotopic (exact) mass is 216 g/mol. The number of benzene rings is 2. The van der Waals surface area contributed by atoms with Gasteiger partial charge in [-0.25, -0.2) is 0 Å². The molecule has 2 aromatic rings. The van der Waals surface area contributed by atoms with Gasteiger partial charge in [-0.2, -0.15) is 0 Å². The molecule has 2 nitrogen and oxygen atoms in total. The smallest absolute Gasteiger partial charge is 0.137 e. The Kier molecular flexibility index (Phi) is 3.42. The van der Waals surface area contributed by atoms with Crippen LogP contribution < -0.4 is 9.64 Å². The fourth-order valence-electron chi connectivity index (χ4n) is 1.69. The van der Waals surface area contributed by atoms with E-state index in [1.807, 2.05) is 18.2 Å². The first kappa shape index (κ1) is 11.0. The van der Waals surface area contributed by atoms with Gasteiger partial charge in [-0.05, 0) is 11.5 Å². The van der Waals surface area contributed by atoms with E-state index in [2.05, 4.69) is 38.4 Å². The van der Waals surface area contributed by atoms with Gasteiger partial charge in [-0.3, -0.25) is 0 Å². The lowest BCUT2D eigenvalue weighted by molar-refractivity contribution is -0.858. The molecule has 0 aliphatic heterocycles. The molecule has 0 radical (unpaired) electrons. The normalized spacial score (nSPS) is 10.9. The van der Waals surface area contributed by atoms with Gasteiger partial charge in [0.1, 0.15) is 18.9 Å². The van der Waals surface area contributed by atoms with Gasteiger partial charge in [0.2, 0.25) is 0 Å². The predicted octanol–water partition coefficient (Wildman–Crippen LogP) is 1.36. The topological polar surface area (TPSA) is 13.7 Å². The van der Waals surface area contributed by atoms with Crippen molar-refractivity contribution >= 4 is 10.8 Å². The van der Waals surface area contributed by atoms with Gasteiger partial charge in [-0.1, -0.05) is 36.4 Å². The van der Waals surface area contributed by atoms with Crippen LogP contribution in [0.4, 0.5) is 0 Å². The number of nitrogens with one attached hydrogen (secondary N) is 1. The first-order valence-corrected chi connectivity index (χ1v) is 5.67. The van der Waals surface area contributed by atoms with Gasteiger partial charge in [0.25, 0.3) is 0 Å². The molecule has 0 spiro atoms. The van der Waals surface area contributed by atoms with E-state index in [-0.39, 0.29) is 0 Å². The van der Waals surface area contributed by atoms with E-state index in [1.165, 1.54) is 15.7 Å². The van der Waals surface area contributed by atoms with E-state index in [0.29, 0.717) is 0 Å². The Bertz CT molecular complexity index is 460. The maximum Gasteiger partial charge on any atom is 0.137 e. The molecule has 2 heteroatoms. The molecular weight excluding hydrogens is 198 g/mol. The minimum absolute atomic E-state index is 0.760. The molecule has 2 rings (SSSR count). The van der Waals surface area contributed by atoms with Crippen molar-refractivity contribution in [1.82, 2.24) is 0 Å². The van der Waals surface area contributed by atoms with Gasteiger partial charge in [0, 0.05) is 5.39 Å². The average molecular weight is 216 g/mol. The third kappa shape index (κ3) is 2.52. The third-order valence-electron chi connectivity index (χ3n) is 2.61. The van der Waals surface area contributed by atoms with E-state index >= 15 is 0 Å². The Morgan fingerprint density at radius 2 is 1.75 bits per heavy atom. The Hall–Kier alpha value is -1.54. The molecule has 0 aromatic heterocycles. The highest BCUT2D eigenvalue weighted by Gasteiger charge is 2.01. The van der Waals surface area contributed by atoms with Crippen LogP contribution in [0.5, 0.6) is 5.75 Å². The molecule has 0 bridgehead atoms. The van der Waals surface area contributed by atoms with Gasteiger partial charge >= 0.3 is 0 Å². The van der Waals surface area contributed by atoms with Crippen LogP contribution >= 0.6 is 0 Å². The fourth-order valence-corrected chi connectivity index (χ4v) is 1.69. The molecule has 16 heavy (non-hydrogen) atoms. The van der Waals surface area contributed by atoms with Crippen molar-refractivity contribution < 1.29 is 9.64 Å². The van der Waals surface area contributed by atoms with Crippen molar-refractivity contribution in [3.8, 4) is 5.75 Å². The largest absolute Gasteiger partial charge is 0.487 e. The average Bonchev–Trinajstić information content (AvgIpc) is 2.29. The maximum absolute atomic E-state index is 5.81. The Morgan fingerprint density at radius 1 is 1.00 bits per heavy atom. The molecule has 0 heterocycles. The summed E-state index contributed by atoms with van der Waals surface area (Å²) in [5, 5.41) is 2.43. The summed E-state index contributed by atoms with van der Waals surface area (Å²) in [6.45, 7) is 1.78. The van der Waals surface area contributed by atoms with E-state index in [9.17, 15) is 0 Å². The molecular formula is C14H18NO+. The summed E-state index contributed by atoms with van der Waals surface area (Å²) in [7, 11) is 4.26. The van der Waals surface area contributed by atoms with E-state index in [4.69, 9.17) is 4.74 Å². The van der Waals surface area contributed by atoms with Crippen LogP contribution in [0, 0.1) is 0 Å². The van der Waals surface area contributed by atoms with Gasteiger partial charge in [0.15, 0.2) is 0 Å². The summed E-state index contributed by atoms with van der Waals surface area (Å²) in [4.78, 5) is 1.40. The van der Waals surface area contributed by atoms with Gasteiger partial charge in [0.05, 0.1) is 14.1 Å². The lowest BCUT2D eigenvalue weighted by Gasteiger charge is -2.11. The summed E-state index contributed by atoms with van der Waals surface area (Å²) < 4.78 is 5.81. The molecule has 0 aliphatic rings. The summed E-state index contributed by atoms with van der Waals surface area (Å²) in [5.41, 5.74) is 0. The van der Waals surface area contributed by atoms with Crippen LogP contribution in [-0.4, -0.2) is 27.2 Å². The zero-order chi connectivity index (χ0) is 11.4. The van der Waals surface area contributed by atoms with E-state index in [0.717, 1.165) is 18.9 Å². The highest BCUT2D eigenvalue weighted by atomic mass is 16.5. The molecule has 2 aromatic carbocycles. The zero-order valence-corrected chi connectivity index (χ0v) is 9.86. The van der Waals surface area contributed by atoms with Crippen molar-refractivity contribution in [3.63, 3.8) is 0 Å². The lowest BCUT2D eigenvalue weighted by atomic mass is 10.1. The molecule has 0 amide bonds. The number of ether oxygens (including phenoxy) is 1. The second kappa shape index (κ2) is 4.99. The second-order valence-corrected chi connectivity index (χ2v) is 4.28. The minimum atomic E-state index is 0.760. The summed E-state index contributed by atoms with van der Waals surface area (Å²) in [6.07, 6.45) is 0. The molecule has 0 aliphatic carbocycles. The van der Waals surface area contributed by atoms with Crippen molar-refractivity contribution in [3.05, 3.63) is 42.5 Å². The van der Waals surface area contributed by atoms with Gasteiger partial charge in [-0.15, -0.1) is 0 Å². The van der Waals surface area contributed by atoms with Crippen LogP contribution in [0.2, 0.25) is 0 Å². The summed E-state index contributed by atoms with van der Waals surface area (Å²) >= 11 is 0. The van der Waals surface area contributed by atoms with Gasteiger partial charge < -0.3 is 9.64 Å². The molecule has 0 atom stereocenters. The van der Waals surface area contributed by atoms with E-state index in [1.54, 1.807) is 0 Å². The number of likely N-dealkylation sites (N-methyl/N-ethyl adjacent to an activating group) is 1. The van der Waals surface area contributed by atoms with Crippen molar-refractivity contribution in [1.29, 1.82) is 0 Å². The standard InChI is InChI=1S/C14H17NO/c1-15(2)10-11-16-14-9-5-7-12-6-3-4-8-13(12)14/h3-9H,10-11H2,1-2H3/p+1. The molecule has 0 saturated heterocycles. The zero-order valence-electron chi connectivity index (χ0n) is 9.86. The molecule has 0 unspecified atom stereocenters. The lowest BCUT2D eigenvalue weighted by Crippen LogP contribution is -3.06. The van der Waals surface area contributed by atoms with Crippen LogP contribution in [0.25, 0.3) is 10.8 Å². The quantitative estimate of drug-likeness (QED) is 0.815. The highest BCUT2D eigenvalue weighted by molar-refractivity contribution is 5.88. The van der Waals surface area contributed by atoms with Crippen molar-refractivity contribution in [2.75, 3.05) is 27.2 Å². The first-order chi connectivity index (χ1) is 7.77. The molecule has 1 N–H and O–H groups in total. The first-order valence-electron chi connectivity index (χ1n) is 5.67. The van der Waals surface area contributed by atoms with Crippen molar-refractivity contribution in [2.24, 2.45) is 0 Å². The predicted molar refractivity (Wildman–Crippen MR) is 67.1 cm³/mol. The third-order valence-corrected chi connectivity index (χ3v) is 2.61. The van der Waals surface area contributed by atoms with Crippen LogP contribution in [0.1, 0.15) is 0 Å². The van der Waals surface area contributed by atoms with Crippen molar-refractivity contribution in [2.45, 2.75) is 0 Å². The summed E-state index contributed by atoms with van der Waals surface area (Å²) in [6, 6.07) is 14.5. The Labute approximate surface area is 96.4 Å². The minimum Gasteiger partial charge on any atom is -0.487 e. The Balaban J connectivity index is 2.17. The summed E-state index contributed by atoms with van der Waals surface area (Å²) in [5.74, 6) is 0.986. The maximum atomic E-state index is 5.81. The second-order valence-electron chi connectivity index (χ2n) is 4.28. The molecule has 0 fully saturated rings. The fraction of sp³-hybridized carbons (Fsp3) is 0.286. The SMILES string of the molecule is C[NH+](C)CCOc1cccc2ccccc12. The molecule has 0 saturated carbocycles. The number of hydrogen-bond donors (Lipinski definition) is 1. The number of hydrogen-bond acceptors (Lipinski definition) is 1. The molecule has 84 valence electrons.